The summed E-state index contributed by atoms with van der Waals surface area (Å²) in [6.45, 7) is 8.03. The van der Waals surface area contributed by atoms with Gasteiger partial charge in [-0.1, -0.05) is 39.3 Å². The van der Waals surface area contributed by atoms with Crippen LogP contribution in [-0.4, -0.2) is 86.8 Å². The van der Waals surface area contributed by atoms with E-state index in [4.69, 9.17) is 9.47 Å². The maximum absolute atomic E-state index is 10.7. The molecule has 34 heavy (non-hydrogen) atoms. The fourth-order valence-electron chi connectivity index (χ4n) is 7.75. The second-order valence-corrected chi connectivity index (χ2v) is 12.3. The van der Waals surface area contributed by atoms with Gasteiger partial charge >= 0.3 is 0 Å². The minimum absolute atomic E-state index is 0.112. The number of aliphatic hydroxyl groups excluding tert-OH is 6. The zero-order valence-corrected chi connectivity index (χ0v) is 20.9. The molecule has 2 saturated carbocycles. The van der Waals surface area contributed by atoms with Crippen molar-refractivity contribution in [3.63, 3.8) is 0 Å². The third kappa shape index (κ3) is 4.18. The van der Waals surface area contributed by atoms with Crippen LogP contribution in [0.3, 0.4) is 0 Å². The molecule has 11 atom stereocenters. The van der Waals surface area contributed by atoms with Crippen LogP contribution >= 0.6 is 0 Å². The lowest BCUT2D eigenvalue weighted by molar-refractivity contribution is -0.320. The molecule has 0 aromatic heterocycles. The molecular formula is C26H44O8. The molecular weight excluding hydrogens is 440 g/mol. The second-order valence-electron chi connectivity index (χ2n) is 12.3. The summed E-state index contributed by atoms with van der Waals surface area (Å²) < 4.78 is 11.6. The Morgan fingerprint density at radius 1 is 0.971 bits per heavy atom. The summed E-state index contributed by atoms with van der Waals surface area (Å²) in [6.07, 6.45) is 0.0678. The van der Waals surface area contributed by atoms with E-state index in [1.54, 1.807) is 0 Å². The predicted molar refractivity (Wildman–Crippen MR) is 124 cm³/mol. The Bertz CT molecular complexity index is 768. The highest BCUT2D eigenvalue weighted by molar-refractivity contribution is 5.25. The standard InChI is InChI=1S/C26H44O8/c1-24(2)17-6-5-14-11-25(3,9-7-15(14)26(17,4)10-8-18(24)29)19(13-28)34-23-22(32)21(31)20(30)16(12-27)33-23/h11,15-23,27-32H,5-10,12-13H2,1-4H3/t15-,16-,17-,18-,19+,20-,21+,22-,23+,25+,26+/m1/s1. The first-order valence-corrected chi connectivity index (χ1v) is 12.9. The van der Waals surface area contributed by atoms with Crippen molar-refractivity contribution in [1.82, 2.24) is 0 Å². The molecule has 6 N–H and O–H groups in total. The quantitative estimate of drug-likeness (QED) is 0.319. The summed E-state index contributed by atoms with van der Waals surface area (Å²) in [7, 11) is 0. The molecule has 0 bridgehead atoms. The van der Waals surface area contributed by atoms with Crippen molar-refractivity contribution in [3.8, 4) is 0 Å². The first-order valence-electron chi connectivity index (χ1n) is 12.9. The average Bonchev–Trinajstić information content (AvgIpc) is 2.79. The van der Waals surface area contributed by atoms with E-state index in [-0.39, 0.29) is 23.5 Å². The third-order valence-corrected chi connectivity index (χ3v) is 10.0. The first kappa shape index (κ1) is 26.5. The van der Waals surface area contributed by atoms with Crippen LogP contribution in [0.25, 0.3) is 0 Å². The fourth-order valence-corrected chi connectivity index (χ4v) is 7.75. The minimum Gasteiger partial charge on any atom is -0.394 e. The summed E-state index contributed by atoms with van der Waals surface area (Å²) in [5.41, 5.74) is 0.905. The van der Waals surface area contributed by atoms with E-state index in [1.807, 2.05) is 6.92 Å². The normalized spacial score (nSPS) is 49.5. The summed E-state index contributed by atoms with van der Waals surface area (Å²) >= 11 is 0. The maximum atomic E-state index is 10.7. The van der Waals surface area contributed by atoms with Gasteiger partial charge in [0.05, 0.1) is 25.4 Å². The van der Waals surface area contributed by atoms with Crippen molar-refractivity contribution < 1.29 is 40.1 Å². The van der Waals surface area contributed by atoms with E-state index in [2.05, 4.69) is 26.8 Å². The molecule has 196 valence electrons. The van der Waals surface area contributed by atoms with Crippen molar-refractivity contribution >= 4 is 0 Å². The number of hydrogen-bond acceptors (Lipinski definition) is 8. The molecule has 8 heteroatoms. The van der Waals surface area contributed by atoms with Gasteiger partial charge < -0.3 is 40.1 Å². The molecule has 3 fully saturated rings. The zero-order chi connectivity index (χ0) is 25.1. The fraction of sp³-hybridized carbons (Fsp3) is 0.923. The van der Waals surface area contributed by atoms with Crippen LogP contribution in [-0.2, 0) is 9.47 Å². The van der Waals surface area contributed by atoms with Gasteiger partial charge in [0.25, 0.3) is 0 Å². The SMILES string of the molecule is CC1(C)[C@H](O)CC[C@@]2(C)[C@@H]3CC[C@](C)([C@H](CO)O[C@@H]4O[C@H](CO)[C@@H](O)[C@H](O)[C@H]4O)C=C3CC[C@H]12. The topological polar surface area (TPSA) is 140 Å². The second kappa shape index (κ2) is 9.38. The highest BCUT2D eigenvalue weighted by Gasteiger charge is 2.57. The van der Waals surface area contributed by atoms with Gasteiger partial charge in [-0.05, 0) is 61.2 Å². The zero-order valence-electron chi connectivity index (χ0n) is 20.9. The molecule has 8 nitrogen and oxygen atoms in total. The predicted octanol–water partition coefficient (Wildman–Crippen LogP) is 1.10. The van der Waals surface area contributed by atoms with Gasteiger partial charge in [-0.2, -0.15) is 0 Å². The molecule has 0 spiro atoms. The van der Waals surface area contributed by atoms with E-state index in [0.717, 1.165) is 38.5 Å². The number of hydrogen-bond donors (Lipinski definition) is 6. The lowest BCUT2D eigenvalue weighted by Crippen LogP contribution is -2.60. The van der Waals surface area contributed by atoms with Crippen molar-refractivity contribution in [2.45, 2.75) is 109 Å². The molecule has 1 saturated heterocycles. The first-order chi connectivity index (χ1) is 15.9. The highest BCUT2D eigenvalue weighted by Crippen LogP contribution is 2.64. The summed E-state index contributed by atoms with van der Waals surface area (Å²) in [5, 5.41) is 61.0. The van der Waals surface area contributed by atoms with Gasteiger partial charge in [-0.15, -0.1) is 0 Å². The Morgan fingerprint density at radius 2 is 1.68 bits per heavy atom. The van der Waals surface area contributed by atoms with Crippen LogP contribution in [0.4, 0.5) is 0 Å². The largest absolute Gasteiger partial charge is 0.394 e. The van der Waals surface area contributed by atoms with E-state index >= 15 is 0 Å². The highest BCUT2D eigenvalue weighted by atomic mass is 16.7. The Morgan fingerprint density at radius 3 is 2.32 bits per heavy atom. The minimum atomic E-state index is -1.52. The molecule has 0 aromatic rings. The summed E-state index contributed by atoms with van der Waals surface area (Å²) in [4.78, 5) is 0. The molecule has 4 aliphatic rings. The van der Waals surface area contributed by atoms with Gasteiger partial charge in [-0.3, -0.25) is 0 Å². The van der Waals surface area contributed by atoms with Crippen LogP contribution < -0.4 is 0 Å². The lowest BCUT2D eigenvalue weighted by Gasteiger charge is -2.61. The van der Waals surface area contributed by atoms with E-state index in [1.165, 1.54) is 5.57 Å². The van der Waals surface area contributed by atoms with Crippen molar-refractivity contribution in [2.75, 3.05) is 13.2 Å². The molecule has 4 rings (SSSR count). The smallest absolute Gasteiger partial charge is 0.187 e. The van der Waals surface area contributed by atoms with Crippen molar-refractivity contribution in [2.24, 2.45) is 28.1 Å². The molecule has 3 aliphatic carbocycles. The Labute approximate surface area is 202 Å². The molecule has 1 heterocycles. The number of fused-ring (bicyclic) bond motifs is 3. The molecule has 0 unspecified atom stereocenters. The van der Waals surface area contributed by atoms with E-state index in [9.17, 15) is 30.6 Å². The van der Waals surface area contributed by atoms with Crippen LogP contribution in [0, 0.1) is 28.1 Å². The maximum Gasteiger partial charge on any atom is 0.187 e. The number of rotatable bonds is 5. The molecule has 0 radical (unpaired) electrons. The van der Waals surface area contributed by atoms with E-state index in [0.29, 0.717) is 11.8 Å². The van der Waals surface area contributed by atoms with Crippen molar-refractivity contribution in [3.05, 3.63) is 11.6 Å². The van der Waals surface area contributed by atoms with Crippen molar-refractivity contribution in [1.29, 1.82) is 0 Å². The number of ether oxygens (including phenoxy) is 2. The van der Waals surface area contributed by atoms with Crippen LogP contribution in [0.5, 0.6) is 0 Å². The summed E-state index contributed by atoms with van der Waals surface area (Å²) in [5.74, 6) is 0.881. The molecule has 0 amide bonds. The number of allylic oxidation sites excluding steroid dienone is 1. The van der Waals surface area contributed by atoms with Gasteiger partial charge in [-0.25, -0.2) is 0 Å². The van der Waals surface area contributed by atoms with Gasteiger partial charge in [0.1, 0.15) is 24.4 Å². The third-order valence-electron chi connectivity index (χ3n) is 10.0. The Balaban J connectivity index is 1.55. The Kier molecular flexibility index (Phi) is 7.30. The lowest BCUT2D eigenvalue weighted by atomic mass is 9.45. The van der Waals surface area contributed by atoms with Crippen LogP contribution in [0.2, 0.25) is 0 Å². The summed E-state index contributed by atoms with van der Waals surface area (Å²) in [6, 6.07) is 0. The van der Waals surface area contributed by atoms with Crippen LogP contribution in [0.1, 0.15) is 66.2 Å². The monoisotopic (exact) mass is 484 g/mol. The molecule has 1 aliphatic heterocycles. The van der Waals surface area contributed by atoms with Gasteiger partial charge in [0.2, 0.25) is 0 Å². The average molecular weight is 485 g/mol. The van der Waals surface area contributed by atoms with Crippen LogP contribution in [0.15, 0.2) is 11.6 Å². The number of aliphatic hydroxyl groups is 6. The molecule has 0 aromatic carbocycles. The van der Waals surface area contributed by atoms with E-state index < -0.39 is 48.8 Å². The Hall–Kier alpha value is -0.580. The van der Waals surface area contributed by atoms with Gasteiger partial charge in [0, 0.05) is 5.41 Å². The van der Waals surface area contributed by atoms with Gasteiger partial charge in [0.15, 0.2) is 6.29 Å².